The van der Waals surface area contributed by atoms with Crippen LogP contribution in [0.25, 0.3) is 21.8 Å². The van der Waals surface area contributed by atoms with Gasteiger partial charge >= 0.3 is 0 Å². The van der Waals surface area contributed by atoms with E-state index >= 15 is 0 Å². The molecule has 0 amide bonds. The molecule has 1 heterocycles. The summed E-state index contributed by atoms with van der Waals surface area (Å²) in [6, 6.07) is 18.2. The van der Waals surface area contributed by atoms with Gasteiger partial charge in [-0.2, -0.15) is 0 Å². The Morgan fingerprint density at radius 1 is 0.947 bits per heavy atom. The van der Waals surface area contributed by atoms with Crippen molar-refractivity contribution in [3.8, 4) is 27.6 Å². The first-order chi connectivity index (χ1) is 9.38. The molecule has 0 saturated carbocycles. The molecule has 2 nitrogen and oxygen atoms in total. The van der Waals surface area contributed by atoms with Crippen molar-refractivity contribution in [2.24, 2.45) is 0 Å². The standard InChI is InChI=1S/C16H13NOS/c1-18-15-10-6-5-9-13(15)14-11-19-16(17-14)12-7-3-2-4-8-12/h2-11H,1H3. The average Bonchev–Trinajstić information content (AvgIpc) is 2.98. The lowest BCUT2D eigenvalue weighted by atomic mass is 10.1. The number of rotatable bonds is 3. The summed E-state index contributed by atoms with van der Waals surface area (Å²) < 4.78 is 5.38. The second kappa shape index (κ2) is 5.24. The van der Waals surface area contributed by atoms with Crippen LogP contribution < -0.4 is 4.74 Å². The van der Waals surface area contributed by atoms with E-state index in [4.69, 9.17) is 9.72 Å². The van der Waals surface area contributed by atoms with Crippen molar-refractivity contribution in [2.75, 3.05) is 7.11 Å². The van der Waals surface area contributed by atoms with Crippen LogP contribution in [0.1, 0.15) is 0 Å². The number of ether oxygens (including phenoxy) is 1. The molecular formula is C16H13NOS. The summed E-state index contributed by atoms with van der Waals surface area (Å²) in [6.45, 7) is 0. The lowest BCUT2D eigenvalue weighted by Gasteiger charge is -2.04. The van der Waals surface area contributed by atoms with Crippen molar-refractivity contribution in [3.05, 3.63) is 60.0 Å². The van der Waals surface area contributed by atoms with Crippen LogP contribution >= 0.6 is 11.3 Å². The van der Waals surface area contributed by atoms with Gasteiger partial charge in [0.25, 0.3) is 0 Å². The number of aromatic nitrogens is 1. The van der Waals surface area contributed by atoms with E-state index in [-0.39, 0.29) is 0 Å². The Hall–Kier alpha value is -2.13. The minimum Gasteiger partial charge on any atom is -0.496 e. The van der Waals surface area contributed by atoms with Crippen LogP contribution in [-0.4, -0.2) is 12.1 Å². The van der Waals surface area contributed by atoms with Crippen LogP contribution in [-0.2, 0) is 0 Å². The van der Waals surface area contributed by atoms with Crippen molar-refractivity contribution >= 4 is 11.3 Å². The van der Waals surface area contributed by atoms with E-state index in [2.05, 4.69) is 17.5 Å². The maximum atomic E-state index is 5.38. The summed E-state index contributed by atoms with van der Waals surface area (Å²) in [5.41, 5.74) is 3.14. The fraction of sp³-hybridized carbons (Fsp3) is 0.0625. The van der Waals surface area contributed by atoms with Gasteiger partial charge < -0.3 is 4.74 Å². The molecule has 0 aliphatic carbocycles. The Bertz CT molecular complexity index is 676. The molecule has 0 saturated heterocycles. The molecule has 0 atom stereocenters. The first-order valence-electron chi connectivity index (χ1n) is 6.03. The zero-order valence-corrected chi connectivity index (χ0v) is 11.4. The van der Waals surface area contributed by atoms with Crippen molar-refractivity contribution in [3.63, 3.8) is 0 Å². The van der Waals surface area contributed by atoms with Crippen LogP contribution in [0.5, 0.6) is 5.75 Å². The van der Waals surface area contributed by atoms with Crippen LogP contribution in [0.3, 0.4) is 0 Å². The molecule has 3 heteroatoms. The Kier molecular flexibility index (Phi) is 3.29. The SMILES string of the molecule is COc1ccccc1-c1csc(-c2ccccc2)n1. The van der Waals surface area contributed by atoms with Gasteiger partial charge in [-0.25, -0.2) is 4.98 Å². The molecule has 0 aliphatic rings. The first kappa shape index (κ1) is 11.9. The third kappa shape index (κ3) is 2.37. The van der Waals surface area contributed by atoms with Gasteiger partial charge in [0.15, 0.2) is 0 Å². The molecule has 0 fully saturated rings. The van der Waals surface area contributed by atoms with Crippen LogP contribution in [0.4, 0.5) is 0 Å². The molecule has 2 aromatic carbocycles. The third-order valence-corrected chi connectivity index (χ3v) is 3.80. The molecule has 19 heavy (non-hydrogen) atoms. The molecule has 0 bridgehead atoms. The number of benzene rings is 2. The highest BCUT2D eigenvalue weighted by Crippen LogP contribution is 2.33. The van der Waals surface area contributed by atoms with E-state index in [1.807, 2.05) is 42.5 Å². The summed E-state index contributed by atoms with van der Waals surface area (Å²) in [7, 11) is 1.68. The van der Waals surface area contributed by atoms with Crippen LogP contribution in [0.15, 0.2) is 60.0 Å². The minimum atomic E-state index is 0.854. The van der Waals surface area contributed by atoms with Gasteiger partial charge in [-0.15, -0.1) is 11.3 Å². The normalized spacial score (nSPS) is 10.4. The van der Waals surface area contributed by atoms with Gasteiger partial charge in [0.2, 0.25) is 0 Å². The highest BCUT2D eigenvalue weighted by molar-refractivity contribution is 7.13. The molecular weight excluding hydrogens is 254 g/mol. The van der Waals surface area contributed by atoms with E-state index in [1.165, 1.54) is 0 Å². The molecule has 3 aromatic rings. The topological polar surface area (TPSA) is 22.1 Å². The summed E-state index contributed by atoms with van der Waals surface area (Å²) >= 11 is 1.65. The second-order valence-electron chi connectivity index (χ2n) is 4.10. The fourth-order valence-electron chi connectivity index (χ4n) is 1.97. The maximum absolute atomic E-state index is 5.38. The third-order valence-electron chi connectivity index (χ3n) is 2.91. The van der Waals surface area contributed by atoms with E-state index in [0.29, 0.717) is 0 Å². The lowest BCUT2D eigenvalue weighted by molar-refractivity contribution is 0.416. The van der Waals surface area contributed by atoms with Crippen molar-refractivity contribution in [2.45, 2.75) is 0 Å². The molecule has 1 aromatic heterocycles. The molecule has 0 unspecified atom stereocenters. The van der Waals surface area contributed by atoms with E-state index in [1.54, 1.807) is 18.4 Å². The zero-order chi connectivity index (χ0) is 13.1. The largest absolute Gasteiger partial charge is 0.496 e. The monoisotopic (exact) mass is 267 g/mol. The number of thiazole rings is 1. The molecule has 0 aliphatic heterocycles. The predicted molar refractivity (Wildman–Crippen MR) is 79.5 cm³/mol. The Labute approximate surface area is 116 Å². The van der Waals surface area contributed by atoms with E-state index < -0.39 is 0 Å². The zero-order valence-electron chi connectivity index (χ0n) is 10.5. The molecule has 0 spiro atoms. The summed E-state index contributed by atoms with van der Waals surface area (Å²) in [6.07, 6.45) is 0. The Morgan fingerprint density at radius 3 is 2.47 bits per heavy atom. The van der Waals surface area contributed by atoms with Crippen LogP contribution in [0, 0.1) is 0 Å². The molecule has 3 rings (SSSR count). The number of hydrogen-bond acceptors (Lipinski definition) is 3. The number of para-hydroxylation sites is 1. The van der Waals surface area contributed by atoms with Gasteiger partial charge in [-0.05, 0) is 12.1 Å². The maximum Gasteiger partial charge on any atom is 0.128 e. The van der Waals surface area contributed by atoms with E-state index in [0.717, 1.165) is 27.6 Å². The first-order valence-corrected chi connectivity index (χ1v) is 6.91. The lowest BCUT2D eigenvalue weighted by Crippen LogP contribution is -1.87. The Morgan fingerprint density at radius 2 is 1.68 bits per heavy atom. The fourth-order valence-corrected chi connectivity index (χ4v) is 2.79. The summed E-state index contributed by atoms with van der Waals surface area (Å²) in [4.78, 5) is 4.70. The highest BCUT2D eigenvalue weighted by atomic mass is 32.1. The second-order valence-corrected chi connectivity index (χ2v) is 4.96. The number of hydrogen-bond donors (Lipinski definition) is 0. The highest BCUT2D eigenvalue weighted by Gasteiger charge is 2.09. The predicted octanol–water partition coefficient (Wildman–Crippen LogP) is 4.49. The average molecular weight is 267 g/mol. The number of nitrogens with zero attached hydrogens (tertiary/aromatic N) is 1. The van der Waals surface area contributed by atoms with Gasteiger partial charge in [0, 0.05) is 16.5 Å². The number of methoxy groups -OCH3 is 1. The smallest absolute Gasteiger partial charge is 0.128 e. The van der Waals surface area contributed by atoms with Gasteiger partial charge in [0.1, 0.15) is 10.8 Å². The quantitative estimate of drug-likeness (QED) is 0.697. The van der Waals surface area contributed by atoms with Gasteiger partial charge in [-0.3, -0.25) is 0 Å². The van der Waals surface area contributed by atoms with Gasteiger partial charge in [0.05, 0.1) is 12.8 Å². The van der Waals surface area contributed by atoms with Crippen molar-refractivity contribution in [1.82, 2.24) is 4.98 Å². The molecule has 0 N–H and O–H groups in total. The van der Waals surface area contributed by atoms with Gasteiger partial charge in [-0.1, -0.05) is 42.5 Å². The minimum absolute atomic E-state index is 0.854. The Balaban J connectivity index is 2.02. The van der Waals surface area contributed by atoms with Crippen LogP contribution in [0.2, 0.25) is 0 Å². The van der Waals surface area contributed by atoms with Crippen molar-refractivity contribution in [1.29, 1.82) is 0 Å². The molecule has 94 valence electrons. The summed E-state index contributed by atoms with van der Waals surface area (Å²) in [5, 5.41) is 3.10. The van der Waals surface area contributed by atoms with E-state index in [9.17, 15) is 0 Å². The summed E-state index contributed by atoms with van der Waals surface area (Å²) in [5.74, 6) is 0.854. The molecule has 0 radical (unpaired) electrons. The van der Waals surface area contributed by atoms with Crippen molar-refractivity contribution < 1.29 is 4.74 Å².